The first-order valence-corrected chi connectivity index (χ1v) is 7.70. The number of ether oxygens (including phenoxy) is 2. The smallest absolute Gasteiger partial charge is 0.339 e. The lowest BCUT2D eigenvalue weighted by Crippen LogP contribution is -2.42. The summed E-state index contributed by atoms with van der Waals surface area (Å²) < 4.78 is 10.1. The van der Waals surface area contributed by atoms with Gasteiger partial charge >= 0.3 is 12.0 Å². The molecule has 0 aliphatic carbocycles. The van der Waals surface area contributed by atoms with Crippen LogP contribution in [0.5, 0.6) is 5.75 Å². The summed E-state index contributed by atoms with van der Waals surface area (Å²) in [5, 5.41) is 2.20. The normalized spacial score (nSPS) is 17.4. The second-order valence-electron chi connectivity index (χ2n) is 4.33. The van der Waals surface area contributed by atoms with Gasteiger partial charge in [0, 0.05) is 18.0 Å². The maximum atomic E-state index is 12.2. The Labute approximate surface area is 127 Å². The van der Waals surface area contributed by atoms with Crippen molar-refractivity contribution in [1.82, 2.24) is 4.90 Å². The van der Waals surface area contributed by atoms with Gasteiger partial charge in [0.25, 0.3) is 0 Å². The SMILES string of the molecule is CCOc1ccc(NC(=O)N2CCSC2C(=O)OC)cc1. The van der Waals surface area contributed by atoms with Crippen molar-refractivity contribution in [3.63, 3.8) is 0 Å². The van der Waals surface area contributed by atoms with Gasteiger partial charge in [-0.3, -0.25) is 0 Å². The van der Waals surface area contributed by atoms with Crippen LogP contribution in [-0.4, -0.2) is 48.3 Å². The average Bonchev–Trinajstić information content (AvgIpc) is 2.98. The number of methoxy groups -OCH3 is 1. The van der Waals surface area contributed by atoms with Gasteiger partial charge in [0.15, 0.2) is 5.37 Å². The van der Waals surface area contributed by atoms with Gasteiger partial charge < -0.3 is 19.7 Å². The molecule has 1 aromatic rings. The molecular formula is C14H18N2O4S. The van der Waals surface area contributed by atoms with Crippen LogP contribution in [0.1, 0.15) is 6.92 Å². The maximum Gasteiger partial charge on any atom is 0.339 e. The van der Waals surface area contributed by atoms with Crippen molar-refractivity contribution in [3.8, 4) is 5.75 Å². The molecule has 1 aromatic carbocycles. The van der Waals surface area contributed by atoms with E-state index in [9.17, 15) is 9.59 Å². The van der Waals surface area contributed by atoms with Crippen molar-refractivity contribution in [2.75, 3.05) is 31.3 Å². The van der Waals surface area contributed by atoms with Crippen LogP contribution < -0.4 is 10.1 Å². The van der Waals surface area contributed by atoms with Crippen LogP contribution in [0.25, 0.3) is 0 Å². The molecule has 1 atom stereocenters. The number of nitrogens with zero attached hydrogens (tertiary/aromatic N) is 1. The van der Waals surface area contributed by atoms with Crippen molar-refractivity contribution >= 4 is 29.4 Å². The summed E-state index contributed by atoms with van der Waals surface area (Å²) in [7, 11) is 1.32. The molecule has 1 saturated heterocycles. The monoisotopic (exact) mass is 310 g/mol. The first-order valence-electron chi connectivity index (χ1n) is 6.65. The van der Waals surface area contributed by atoms with Gasteiger partial charge in [-0.25, -0.2) is 9.59 Å². The third kappa shape index (κ3) is 3.81. The number of urea groups is 1. The van der Waals surface area contributed by atoms with E-state index < -0.39 is 11.3 Å². The molecule has 6 nitrogen and oxygen atoms in total. The zero-order valence-electron chi connectivity index (χ0n) is 12.0. The van der Waals surface area contributed by atoms with E-state index in [1.165, 1.54) is 23.8 Å². The number of nitrogens with one attached hydrogen (secondary N) is 1. The highest BCUT2D eigenvalue weighted by molar-refractivity contribution is 8.00. The van der Waals surface area contributed by atoms with Crippen molar-refractivity contribution < 1.29 is 19.1 Å². The van der Waals surface area contributed by atoms with Crippen molar-refractivity contribution in [1.29, 1.82) is 0 Å². The summed E-state index contributed by atoms with van der Waals surface area (Å²) in [6.45, 7) is 3.03. The fourth-order valence-electron chi connectivity index (χ4n) is 1.97. The first-order chi connectivity index (χ1) is 10.2. The van der Waals surface area contributed by atoms with Crippen LogP contribution in [0.2, 0.25) is 0 Å². The number of hydrogen-bond acceptors (Lipinski definition) is 5. The fraction of sp³-hybridized carbons (Fsp3) is 0.429. The van der Waals surface area contributed by atoms with Gasteiger partial charge in [0.2, 0.25) is 0 Å². The number of carbonyl (C=O) groups excluding carboxylic acids is 2. The predicted octanol–water partition coefficient (Wildman–Crippen LogP) is 2.17. The average molecular weight is 310 g/mol. The third-order valence-electron chi connectivity index (χ3n) is 2.97. The van der Waals surface area contributed by atoms with Crippen LogP contribution >= 0.6 is 11.8 Å². The molecule has 1 aliphatic heterocycles. The molecule has 2 amide bonds. The number of anilines is 1. The summed E-state index contributed by atoms with van der Waals surface area (Å²) in [5.41, 5.74) is 0.656. The van der Waals surface area contributed by atoms with E-state index in [0.29, 0.717) is 18.8 Å². The summed E-state index contributed by atoms with van der Waals surface area (Å²) in [5.74, 6) is 1.07. The molecule has 0 radical (unpaired) electrons. The van der Waals surface area contributed by atoms with E-state index in [0.717, 1.165) is 11.5 Å². The summed E-state index contributed by atoms with van der Waals surface area (Å²) in [6.07, 6.45) is 0. The Morgan fingerprint density at radius 3 is 2.71 bits per heavy atom. The minimum absolute atomic E-state index is 0.306. The molecule has 0 spiro atoms. The molecule has 0 saturated carbocycles. The van der Waals surface area contributed by atoms with Gasteiger partial charge in [-0.05, 0) is 31.2 Å². The number of esters is 1. The molecule has 7 heteroatoms. The molecule has 1 aliphatic rings. The van der Waals surface area contributed by atoms with E-state index in [1.54, 1.807) is 24.3 Å². The van der Waals surface area contributed by atoms with Crippen LogP contribution in [0, 0.1) is 0 Å². The number of hydrogen-bond donors (Lipinski definition) is 1. The molecule has 1 heterocycles. The largest absolute Gasteiger partial charge is 0.494 e. The van der Waals surface area contributed by atoms with Crippen LogP contribution in [0.15, 0.2) is 24.3 Å². The Bertz CT molecular complexity index is 506. The van der Waals surface area contributed by atoms with E-state index in [4.69, 9.17) is 9.47 Å². The van der Waals surface area contributed by atoms with Crippen molar-refractivity contribution in [3.05, 3.63) is 24.3 Å². The molecule has 2 rings (SSSR count). The molecule has 0 aromatic heterocycles. The zero-order valence-corrected chi connectivity index (χ0v) is 12.8. The lowest BCUT2D eigenvalue weighted by Gasteiger charge is -2.22. The topological polar surface area (TPSA) is 67.9 Å². The molecule has 1 fully saturated rings. The minimum atomic E-state index is -0.572. The number of thioether (sulfide) groups is 1. The third-order valence-corrected chi connectivity index (χ3v) is 4.15. The van der Waals surface area contributed by atoms with E-state index in [-0.39, 0.29) is 6.03 Å². The van der Waals surface area contributed by atoms with Crippen molar-refractivity contribution in [2.45, 2.75) is 12.3 Å². The van der Waals surface area contributed by atoms with Crippen LogP contribution in [0.3, 0.4) is 0 Å². The standard InChI is InChI=1S/C14H18N2O4S/c1-3-20-11-6-4-10(5-7-11)15-14(18)16-8-9-21-12(16)13(17)19-2/h4-7,12H,3,8-9H2,1-2H3,(H,15,18). The second-order valence-corrected chi connectivity index (χ2v) is 5.52. The van der Waals surface area contributed by atoms with E-state index >= 15 is 0 Å². The summed E-state index contributed by atoms with van der Waals surface area (Å²) >= 11 is 1.40. The predicted molar refractivity (Wildman–Crippen MR) is 81.6 cm³/mol. The lowest BCUT2D eigenvalue weighted by molar-refractivity contribution is -0.142. The number of benzene rings is 1. The summed E-state index contributed by atoms with van der Waals surface area (Å²) in [6, 6.07) is 6.80. The Hall–Kier alpha value is -1.89. The van der Waals surface area contributed by atoms with Crippen LogP contribution in [0.4, 0.5) is 10.5 Å². The fourth-order valence-corrected chi connectivity index (χ4v) is 3.11. The first kappa shape index (κ1) is 15.5. The Morgan fingerprint density at radius 1 is 1.38 bits per heavy atom. The maximum absolute atomic E-state index is 12.2. The second kappa shape index (κ2) is 7.21. The van der Waals surface area contributed by atoms with E-state index in [2.05, 4.69) is 5.32 Å². The number of rotatable bonds is 4. The Balaban J connectivity index is 1.98. The van der Waals surface area contributed by atoms with Gasteiger partial charge in [-0.15, -0.1) is 11.8 Å². The molecule has 1 unspecified atom stereocenters. The highest BCUT2D eigenvalue weighted by atomic mass is 32.2. The van der Waals surface area contributed by atoms with E-state index in [1.807, 2.05) is 6.92 Å². The lowest BCUT2D eigenvalue weighted by atomic mass is 10.3. The molecular weight excluding hydrogens is 292 g/mol. The highest BCUT2D eigenvalue weighted by Crippen LogP contribution is 2.25. The van der Waals surface area contributed by atoms with Gasteiger partial charge in [-0.1, -0.05) is 0 Å². The van der Waals surface area contributed by atoms with Gasteiger partial charge in [0.1, 0.15) is 5.75 Å². The minimum Gasteiger partial charge on any atom is -0.494 e. The molecule has 0 bridgehead atoms. The number of carbonyl (C=O) groups is 2. The van der Waals surface area contributed by atoms with Gasteiger partial charge in [-0.2, -0.15) is 0 Å². The summed E-state index contributed by atoms with van der Waals surface area (Å²) in [4.78, 5) is 25.3. The quantitative estimate of drug-likeness (QED) is 0.863. The molecule has 114 valence electrons. The Morgan fingerprint density at radius 2 is 2.10 bits per heavy atom. The van der Waals surface area contributed by atoms with Gasteiger partial charge in [0.05, 0.1) is 13.7 Å². The van der Waals surface area contributed by atoms with Crippen molar-refractivity contribution in [2.24, 2.45) is 0 Å². The molecule has 21 heavy (non-hydrogen) atoms. The molecule has 1 N–H and O–H groups in total. The number of amides is 2. The van der Waals surface area contributed by atoms with Crippen LogP contribution in [-0.2, 0) is 9.53 Å². The highest BCUT2D eigenvalue weighted by Gasteiger charge is 2.35. The Kier molecular flexibility index (Phi) is 5.32. The zero-order chi connectivity index (χ0) is 15.2.